The molecule has 1 unspecified atom stereocenters. The summed E-state index contributed by atoms with van der Waals surface area (Å²) < 4.78 is 5.17. The van der Waals surface area contributed by atoms with Gasteiger partial charge in [-0.25, -0.2) is 0 Å². The molecular weight excluding hydrogens is 236 g/mol. The smallest absolute Gasteiger partial charge is 0.0589 e. The Hall–Kier alpha value is -0.900. The molecule has 0 heterocycles. The Labute approximate surface area is 118 Å². The van der Waals surface area contributed by atoms with Gasteiger partial charge in [0.1, 0.15) is 0 Å². The summed E-state index contributed by atoms with van der Waals surface area (Å²) in [5.74, 6) is 0. The molecule has 0 aromatic heterocycles. The maximum Gasteiger partial charge on any atom is 0.0589 e. The fourth-order valence-corrected chi connectivity index (χ4v) is 2.20. The van der Waals surface area contributed by atoms with E-state index >= 15 is 0 Å². The van der Waals surface area contributed by atoms with Crippen molar-refractivity contribution in [3.05, 3.63) is 34.9 Å². The summed E-state index contributed by atoms with van der Waals surface area (Å²) in [6, 6.07) is 7.10. The summed E-state index contributed by atoms with van der Waals surface area (Å²) in [5, 5.41) is 3.42. The highest BCUT2D eigenvalue weighted by Gasteiger charge is 2.13. The van der Waals surface area contributed by atoms with E-state index in [-0.39, 0.29) is 0 Å². The van der Waals surface area contributed by atoms with Crippen LogP contribution in [0.5, 0.6) is 0 Å². The summed E-state index contributed by atoms with van der Waals surface area (Å²) in [7, 11) is 3.79. The molecular formula is C16H28N2O. The lowest BCUT2D eigenvalue weighted by Crippen LogP contribution is -2.35. The average molecular weight is 264 g/mol. The molecule has 1 atom stereocenters. The largest absolute Gasteiger partial charge is 0.383 e. The van der Waals surface area contributed by atoms with Crippen molar-refractivity contribution in [2.75, 3.05) is 40.4 Å². The van der Waals surface area contributed by atoms with Crippen LogP contribution in [0.25, 0.3) is 0 Å². The Morgan fingerprint density at radius 1 is 1.26 bits per heavy atom. The molecule has 1 aromatic carbocycles. The molecule has 3 nitrogen and oxygen atoms in total. The minimum absolute atomic E-state index is 0.371. The highest BCUT2D eigenvalue weighted by atomic mass is 16.5. The predicted molar refractivity (Wildman–Crippen MR) is 81.7 cm³/mol. The molecule has 1 rings (SSSR count). The fourth-order valence-electron chi connectivity index (χ4n) is 2.20. The summed E-state index contributed by atoms with van der Waals surface area (Å²) >= 11 is 0. The third kappa shape index (κ3) is 4.94. The van der Waals surface area contributed by atoms with Gasteiger partial charge in [-0.2, -0.15) is 0 Å². The monoisotopic (exact) mass is 264 g/mol. The number of hydrogen-bond acceptors (Lipinski definition) is 3. The molecule has 0 fully saturated rings. The van der Waals surface area contributed by atoms with Gasteiger partial charge in [-0.1, -0.05) is 25.1 Å². The van der Waals surface area contributed by atoms with Gasteiger partial charge >= 0.3 is 0 Å². The molecule has 0 radical (unpaired) electrons. The number of nitrogens with zero attached hydrogens (tertiary/aromatic N) is 1. The van der Waals surface area contributed by atoms with E-state index in [9.17, 15) is 0 Å². The van der Waals surface area contributed by atoms with Gasteiger partial charge in [0.2, 0.25) is 0 Å². The van der Waals surface area contributed by atoms with Crippen LogP contribution in [0, 0.1) is 13.8 Å². The average Bonchev–Trinajstić information content (AvgIpc) is 2.42. The Balaban J connectivity index is 2.72. The van der Waals surface area contributed by atoms with Crippen molar-refractivity contribution in [3.8, 4) is 0 Å². The van der Waals surface area contributed by atoms with E-state index in [0.717, 1.165) is 26.2 Å². The third-order valence-corrected chi connectivity index (χ3v) is 3.78. The van der Waals surface area contributed by atoms with E-state index in [4.69, 9.17) is 4.74 Å². The minimum Gasteiger partial charge on any atom is -0.383 e. The molecule has 3 heteroatoms. The van der Waals surface area contributed by atoms with Gasteiger partial charge in [0, 0.05) is 26.2 Å². The van der Waals surface area contributed by atoms with Crippen LogP contribution in [0.1, 0.15) is 29.7 Å². The second kappa shape index (κ2) is 8.31. The minimum atomic E-state index is 0.371. The maximum absolute atomic E-state index is 5.17. The van der Waals surface area contributed by atoms with Crippen molar-refractivity contribution in [1.29, 1.82) is 0 Å². The van der Waals surface area contributed by atoms with Crippen molar-refractivity contribution in [3.63, 3.8) is 0 Å². The lowest BCUT2D eigenvalue weighted by atomic mass is 10.0. The Morgan fingerprint density at radius 3 is 2.53 bits per heavy atom. The number of aryl methyl sites for hydroxylation is 2. The molecule has 108 valence electrons. The number of nitrogens with one attached hydrogen (secondary N) is 1. The maximum atomic E-state index is 5.17. The zero-order valence-corrected chi connectivity index (χ0v) is 13.0. The molecule has 0 bridgehead atoms. The molecule has 0 saturated heterocycles. The zero-order valence-electron chi connectivity index (χ0n) is 13.0. The van der Waals surface area contributed by atoms with E-state index in [0.29, 0.717) is 6.04 Å². The Bertz CT molecular complexity index is 379. The number of likely N-dealkylation sites (N-methyl/N-ethyl adjacent to an activating group) is 2. The van der Waals surface area contributed by atoms with Crippen LogP contribution in [0.3, 0.4) is 0 Å². The van der Waals surface area contributed by atoms with E-state index in [1.807, 2.05) is 7.05 Å². The Morgan fingerprint density at radius 2 is 2.00 bits per heavy atom. The fraction of sp³-hybridized carbons (Fsp3) is 0.625. The second-order valence-electron chi connectivity index (χ2n) is 5.07. The van der Waals surface area contributed by atoms with E-state index in [2.05, 4.69) is 49.2 Å². The number of methoxy groups -OCH3 is 1. The van der Waals surface area contributed by atoms with Gasteiger partial charge in [0.05, 0.1) is 6.61 Å². The second-order valence-corrected chi connectivity index (χ2v) is 5.07. The first-order chi connectivity index (χ1) is 9.12. The first kappa shape index (κ1) is 16.2. The molecule has 0 spiro atoms. The van der Waals surface area contributed by atoms with Crippen LogP contribution in [0.4, 0.5) is 0 Å². The lowest BCUT2D eigenvalue weighted by molar-refractivity contribution is 0.144. The predicted octanol–water partition coefficient (Wildman–Crippen LogP) is 2.53. The molecule has 1 N–H and O–H groups in total. The van der Waals surface area contributed by atoms with Gasteiger partial charge in [0.25, 0.3) is 0 Å². The number of hydrogen-bond donors (Lipinski definition) is 1. The van der Waals surface area contributed by atoms with Gasteiger partial charge < -0.3 is 10.1 Å². The van der Waals surface area contributed by atoms with Crippen LogP contribution in [0.2, 0.25) is 0 Å². The molecule has 0 aliphatic heterocycles. The zero-order chi connectivity index (χ0) is 14.3. The van der Waals surface area contributed by atoms with Crippen LogP contribution in [-0.2, 0) is 4.74 Å². The highest BCUT2D eigenvalue weighted by molar-refractivity contribution is 5.31. The molecule has 0 aliphatic carbocycles. The summed E-state index contributed by atoms with van der Waals surface area (Å²) in [6.45, 7) is 10.4. The summed E-state index contributed by atoms with van der Waals surface area (Å²) in [5.41, 5.74) is 4.07. The molecule has 0 aliphatic rings. The van der Waals surface area contributed by atoms with Crippen LogP contribution in [-0.4, -0.2) is 45.3 Å². The molecule has 0 saturated carbocycles. The standard InChI is InChI=1S/C16H28N2O/c1-6-18(9-10-19-5)12-16(17-4)15-8-7-13(2)14(3)11-15/h7-8,11,16-17H,6,9-10,12H2,1-5H3. The first-order valence-electron chi connectivity index (χ1n) is 7.08. The van der Waals surface area contributed by atoms with Crippen molar-refractivity contribution in [2.24, 2.45) is 0 Å². The topological polar surface area (TPSA) is 24.5 Å². The number of rotatable bonds is 8. The number of benzene rings is 1. The van der Waals surface area contributed by atoms with Gasteiger partial charge in [-0.3, -0.25) is 4.90 Å². The first-order valence-corrected chi connectivity index (χ1v) is 7.08. The molecule has 0 amide bonds. The van der Waals surface area contributed by atoms with Crippen LogP contribution in [0.15, 0.2) is 18.2 Å². The quantitative estimate of drug-likeness (QED) is 0.781. The summed E-state index contributed by atoms with van der Waals surface area (Å²) in [6.07, 6.45) is 0. The van der Waals surface area contributed by atoms with Gasteiger partial charge in [0.15, 0.2) is 0 Å². The third-order valence-electron chi connectivity index (χ3n) is 3.78. The van der Waals surface area contributed by atoms with Gasteiger partial charge in [-0.05, 0) is 44.1 Å². The number of ether oxygens (including phenoxy) is 1. The molecule has 19 heavy (non-hydrogen) atoms. The summed E-state index contributed by atoms with van der Waals surface area (Å²) in [4.78, 5) is 2.42. The SMILES string of the molecule is CCN(CCOC)CC(NC)c1ccc(C)c(C)c1. The highest BCUT2D eigenvalue weighted by Crippen LogP contribution is 2.18. The van der Waals surface area contributed by atoms with Crippen molar-refractivity contribution >= 4 is 0 Å². The molecule has 1 aromatic rings. The van der Waals surface area contributed by atoms with Gasteiger partial charge in [-0.15, -0.1) is 0 Å². The van der Waals surface area contributed by atoms with Crippen molar-refractivity contribution < 1.29 is 4.74 Å². The van der Waals surface area contributed by atoms with Crippen LogP contribution >= 0.6 is 0 Å². The van der Waals surface area contributed by atoms with E-state index < -0.39 is 0 Å². The van der Waals surface area contributed by atoms with Crippen LogP contribution < -0.4 is 5.32 Å². The van der Waals surface area contributed by atoms with Crippen molar-refractivity contribution in [1.82, 2.24) is 10.2 Å². The van der Waals surface area contributed by atoms with Crippen molar-refractivity contribution in [2.45, 2.75) is 26.8 Å². The lowest BCUT2D eigenvalue weighted by Gasteiger charge is -2.26. The van der Waals surface area contributed by atoms with E-state index in [1.165, 1.54) is 16.7 Å². The Kier molecular flexibility index (Phi) is 7.06. The van der Waals surface area contributed by atoms with E-state index in [1.54, 1.807) is 7.11 Å². The normalized spacial score (nSPS) is 12.9.